The van der Waals surface area contributed by atoms with Crippen molar-refractivity contribution in [2.24, 2.45) is 0 Å². The minimum Gasteiger partial charge on any atom is -0.399 e. The fourth-order valence-electron chi connectivity index (χ4n) is 3.11. The molecule has 0 aromatic heterocycles. The number of rotatable bonds is 2. The molecule has 1 atom stereocenters. The minimum atomic E-state index is 0.252. The number of nitrogens with zero attached hydrogens (tertiary/aromatic N) is 1. The van der Waals surface area contributed by atoms with Crippen molar-refractivity contribution >= 4 is 11.4 Å². The van der Waals surface area contributed by atoms with E-state index in [1.807, 2.05) is 31.2 Å². The molecule has 0 bridgehead atoms. The fraction of sp³-hybridized carbons (Fsp3) is 0.278. The number of nitrogens with one attached hydrogen (secondary N) is 1. The van der Waals surface area contributed by atoms with Gasteiger partial charge in [0.05, 0.1) is 17.3 Å². The molecule has 1 unspecified atom stereocenters. The van der Waals surface area contributed by atoms with E-state index in [-0.39, 0.29) is 6.04 Å². The van der Waals surface area contributed by atoms with Gasteiger partial charge in [-0.3, -0.25) is 0 Å². The molecule has 0 amide bonds. The molecule has 106 valence electrons. The number of hydrogen-bond donors (Lipinski definition) is 2. The molecule has 3 N–H and O–H groups in total. The molecule has 3 heteroatoms. The zero-order valence-corrected chi connectivity index (χ0v) is 12.2. The average molecular weight is 277 g/mol. The number of para-hydroxylation sites is 1. The predicted octanol–water partition coefficient (Wildman–Crippen LogP) is 3.94. The van der Waals surface area contributed by atoms with Gasteiger partial charge in [-0.15, -0.1) is 0 Å². The lowest BCUT2D eigenvalue weighted by molar-refractivity contribution is 0.600. The van der Waals surface area contributed by atoms with Crippen LogP contribution in [0.15, 0.2) is 36.4 Å². The first-order valence-electron chi connectivity index (χ1n) is 7.33. The first-order chi connectivity index (χ1) is 10.2. The Balaban J connectivity index is 1.96. The number of benzene rings is 2. The van der Waals surface area contributed by atoms with E-state index in [9.17, 15) is 5.26 Å². The number of hydrogen-bond acceptors (Lipinski definition) is 3. The van der Waals surface area contributed by atoms with Crippen LogP contribution in [0.25, 0.3) is 0 Å². The number of anilines is 2. The summed E-state index contributed by atoms with van der Waals surface area (Å²) in [5, 5.41) is 12.9. The van der Waals surface area contributed by atoms with Crippen molar-refractivity contribution in [3.63, 3.8) is 0 Å². The molecule has 0 aliphatic heterocycles. The molecule has 2 aromatic carbocycles. The van der Waals surface area contributed by atoms with E-state index in [4.69, 9.17) is 5.73 Å². The molecule has 3 nitrogen and oxygen atoms in total. The quantitative estimate of drug-likeness (QED) is 0.817. The van der Waals surface area contributed by atoms with Crippen molar-refractivity contribution < 1.29 is 0 Å². The maximum Gasteiger partial charge on any atom is 0.101 e. The van der Waals surface area contributed by atoms with Gasteiger partial charge >= 0.3 is 0 Å². The summed E-state index contributed by atoms with van der Waals surface area (Å²) >= 11 is 0. The maximum atomic E-state index is 9.30. The Morgan fingerprint density at radius 2 is 2.14 bits per heavy atom. The predicted molar refractivity (Wildman–Crippen MR) is 86.1 cm³/mol. The lowest BCUT2D eigenvalue weighted by Gasteiger charge is -2.28. The molecule has 0 spiro atoms. The molecule has 3 rings (SSSR count). The molecule has 1 aliphatic carbocycles. The molecule has 0 radical (unpaired) electrons. The van der Waals surface area contributed by atoms with Gasteiger partial charge in [0.25, 0.3) is 0 Å². The zero-order chi connectivity index (χ0) is 14.8. The second-order valence-corrected chi connectivity index (χ2v) is 5.66. The highest BCUT2D eigenvalue weighted by atomic mass is 14.9. The first-order valence-corrected chi connectivity index (χ1v) is 7.33. The van der Waals surface area contributed by atoms with Crippen LogP contribution in [0.3, 0.4) is 0 Å². The Bertz CT molecular complexity index is 713. The second kappa shape index (κ2) is 5.49. The highest BCUT2D eigenvalue weighted by Crippen LogP contribution is 2.35. The molecular formula is C18H19N3. The molecule has 21 heavy (non-hydrogen) atoms. The Labute approximate surface area is 125 Å². The third-order valence-corrected chi connectivity index (χ3v) is 4.19. The normalized spacial score (nSPS) is 16.9. The molecule has 0 saturated heterocycles. The molecule has 0 fully saturated rings. The average Bonchev–Trinajstić information content (AvgIpc) is 2.49. The monoisotopic (exact) mass is 277 g/mol. The van der Waals surface area contributed by atoms with Crippen LogP contribution in [0.5, 0.6) is 0 Å². The van der Waals surface area contributed by atoms with Gasteiger partial charge in [0.1, 0.15) is 6.07 Å². The number of nitrogens with two attached hydrogens (primary N) is 1. The highest BCUT2D eigenvalue weighted by molar-refractivity contribution is 5.63. The van der Waals surface area contributed by atoms with Crippen LogP contribution in [-0.2, 0) is 6.42 Å². The van der Waals surface area contributed by atoms with Crippen molar-refractivity contribution in [3.05, 3.63) is 58.7 Å². The van der Waals surface area contributed by atoms with Crippen molar-refractivity contribution in [2.45, 2.75) is 32.2 Å². The van der Waals surface area contributed by atoms with Gasteiger partial charge in [0.15, 0.2) is 0 Å². The number of aryl methyl sites for hydroxylation is 2. The van der Waals surface area contributed by atoms with Crippen LogP contribution in [-0.4, -0.2) is 0 Å². The third kappa shape index (κ3) is 2.57. The zero-order valence-electron chi connectivity index (χ0n) is 12.2. The van der Waals surface area contributed by atoms with Gasteiger partial charge in [0, 0.05) is 5.69 Å². The van der Waals surface area contributed by atoms with Crippen LogP contribution in [0.1, 0.15) is 41.1 Å². The van der Waals surface area contributed by atoms with Crippen LogP contribution >= 0.6 is 0 Å². The van der Waals surface area contributed by atoms with Gasteiger partial charge in [-0.05, 0) is 61.1 Å². The van der Waals surface area contributed by atoms with E-state index in [2.05, 4.69) is 23.5 Å². The van der Waals surface area contributed by atoms with Gasteiger partial charge in [-0.1, -0.05) is 18.2 Å². The number of nitrogen functional groups attached to an aromatic ring is 1. The smallest absolute Gasteiger partial charge is 0.101 e. The van der Waals surface area contributed by atoms with E-state index in [1.165, 1.54) is 11.1 Å². The SMILES string of the molecule is Cc1cccc(C#N)c1NC1CCCc2cc(N)ccc21. The van der Waals surface area contributed by atoms with E-state index >= 15 is 0 Å². The van der Waals surface area contributed by atoms with E-state index in [0.29, 0.717) is 5.56 Å². The van der Waals surface area contributed by atoms with E-state index in [0.717, 1.165) is 36.2 Å². The molecule has 2 aromatic rings. The lowest BCUT2D eigenvalue weighted by atomic mass is 9.87. The third-order valence-electron chi connectivity index (χ3n) is 4.19. The Morgan fingerprint density at radius 3 is 2.95 bits per heavy atom. The Kier molecular flexibility index (Phi) is 3.53. The molecular weight excluding hydrogens is 258 g/mol. The topological polar surface area (TPSA) is 61.8 Å². The van der Waals surface area contributed by atoms with Crippen molar-refractivity contribution in [3.8, 4) is 6.07 Å². The van der Waals surface area contributed by atoms with Crippen LogP contribution < -0.4 is 11.1 Å². The van der Waals surface area contributed by atoms with Gasteiger partial charge in [-0.25, -0.2) is 0 Å². The number of nitriles is 1. The Morgan fingerprint density at radius 1 is 1.29 bits per heavy atom. The lowest BCUT2D eigenvalue weighted by Crippen LogP contribution is -2.18. The summed E-state index contributed by atoms with van der Waals surface area (Å²) < 4.78 is 0. The van der Waals surface area contributed by atoms with Crippen LogP contribution in [0.2, 0.25) is 0 Å². The summed E-state index contributed by atoms with van der Waals surface area (Å²) in [4.78, 5) is 0. The summed E-state index contributed by atoms with van der Waals surface area (Å²) in [7, 11) is 0. The second-order valence-electron chi connectivity index (χ2n) is 5.66. The summed E-state index contributed by atoms with van der Waals surface area (Å²) in [6, 6.07) is 14.5. The minimum absolute atomic E-state index is 0.252. The number of fused-ring (bicyclic) bond motifs is 1. The Hall–Kier alpha value is -2.47. The fourth-order valence-corrected chi connectivity index (χ4v) is 3.11. The van der Waals surface area contributed by atoms with Gasteiger partial charge in [-0.2, -0.15) is 5.26 Å². The first kappa shape index (κ1) is 13.5. The van der Waals surface area contributed by atoms with Crippen LogP contribution in [0, 0.1) is 18.3 Å². The highest BCUT2D eigenvalue weighted by Gasteiger charge is 2.21. The summed E-state index contributed by atoms with van der Waals surface area (Å²) in [6.45, 7) is 2.04. The standard InChI is InChI=1S/C18H19N3/c1-12-4-2-6-14(11-19)18(12)21-17-7-3-5-13-10-15(20)8-9-16(13)17/h2,4,6,8-10,17,21H,3,5,7,20H2,1H3. The van der Waals surface area contributed by atoms with Crippen molar-refractivity contribution in [1.29, 1.82) is 5.26 Å². The van der Waals surface area contributed by atoms with Crippen LogP contribution in [0.4, 0.5) is 11.4 Å². The van der Waals surface area contributed by atoms with Gasteiger partial charge in [0.2, 0.25) is 0 Å². The summed E-state index contributed by atoms with van der Waals surface area (Å²) in [6.07, 6.45) is 3.30. The van der Waals surface area contributed by atoms with E-state index in [1.54, 1.807) is 0 Å². The van der Waals surface area contributed by atoms with Gasteiger partial charge < -0.3 is 11.1 Å². The molecule has 0 saturated carbocycles. The van der Waals surface area contributed by atoms with E-state index < -0.39 is 0 Å². The van der Waals surface area contributed by atoms with Crippen molar-refractivity contribution in [1.82, 2.24) is 0 Å². The largest absolute Gasteiger partial charge is 0.399 e. The maximum absolute atomic E-state index is 9.30. The molecule has 1 aliphatic rings. The summed E-state index contributed by atoms with van der Waals surface area (Å²) in [5.41, 5.74) is 12.1. The summed E-state index contributed by atoms with van der Waals surface area (Å²) in [5.74, 6) is 0. The van der Waals surface area contributed by atoms with Crippen molar-refractivity contribution in [2.75, 3.05) is 11.1 Å². The molecule has 0 heterocycles.